The summed E-state index contributed by atoms with van der Waals surface area (Å²) < 4.78 is 5.38. The molecule has 2 heterocycles. The van der Waals surface area contributed by atoms with Crippen LogP contribution >= 0.6 is 0 Å². The second-order valence-electron chi connectivity index (χ2n) is 4.80. The highest BCUT2D eigenvalue weighted by atomic mass is 16.3. The number of likely N-dealkylation sites (N-methyl/N-ethyl adjacent to an activating group) is 1. The molecule has 1 unspecified atom stereocenters. The minimum Gasteiger partial charge on any atom is -0.467 e. The Labute approximate surface area is 107 Å². The van der Waals surface area contributed by atoms with E-state index < -0.39 is 0 Å². The zero-order valence-electron chi connectivity index (χ0n) is 10.8. The normalized spacial score (nSPS) is 22.1. The summed E-state index contributed by atoms with van der Waals surface area (Å²) in [6.07, 6.45) is 1.53. The Morgan fingerprint density at radius 2 is 2.39 bits per heavy atom. The largest absolute Gasteiger partial charge is 0.467 e. The van der Waals surface area contributed by atoms with Gasteiger partial charge in [0.25, 0.3) is 5.91 Å². The van der Waals surface area contributed by atoms with Crippen molar-refractivity contribution in [2.75, 3.05) is 26.7 Å². The van der Waals surface area contributed by atoms with Crippen LogP contribution in [0.3, 0.4) is 0 Å². The molecule has 2 rings (SSSR count). The molecule has 1 aromatic rings. The van der Waals surface area contributed by atoms with Gasteiger partial charge in [-0.15, -0.1) is 0 Å². The lowest BCUT2D eigenvalue weighted by Crippen LogP contribution is -2.49. The third kappa shape index (κ3) is 2.72. The highest BCUT2D eigenvalue weighted by Crippen LogP contribution is 2.16. The first kappa shape index (κ1) is 13.1. The highest BCUT2D eigenvalue weighted by molar-refractivity contribution is 5.94. The van der Waals surface area contributed by atoms with E-state index in [1.807, 2.05) is 0 Å². The van der Waals surface area contributed by atoms with Crippen LogP contribution in [0.1, 0.15) is 23.0 Å². The molecule has 1 aliphatic rings. The molecule has 6 heteroatoms. The van der Waals surface area contributed by atoms with Gasteiger partial charge in [0.1, 0.15) is 5.76 Å². The maximum atomic E-state index is 11.5. The van der Waals surface area contributed by atoms with Crippen LogP contribution in [0.4, 0.5) is 0 Å². The smallest absolute Gasteiger partial charge is 0.268 e. The molecule has 0 radical (unpaired) electrons. The molecule has 6 nitrogen and oxygen atoms in total. The average molecular weight is 252 g/mol. The van der Waals surface area contributed by atoms with Crippen molar-refractivity contribution < 1.29 is 9.21 Å². The first-order chi connectivity index (χ1) is 8.61. The Morgan fingerprint density at radius 3 is 3.06 bits per heavy atom. The van der Waals surface area contributed by atoms with Crippen molar-refractivity contribution in [3.05, 3.63) is 23.7 Å². The van der Waals surface area contributed by atoms with E-state index in [9.17, 15) is 4.79 Å². The van der Waals surface area contributed by atoms with Gasteiger partial charge in [-0.2, -0.15) is 0 Å². The Morgan fingerprint density at radius 1 is 1.61 bits per heavy atom. The minimum absolute atomic E-state index is 0.305. The molecular weight excluding hydrogens is 232 g/mol. The summed E-state index contributed by atoms with van der Waals surface area (Å²) in [5.74, 6) is 5.52. The van der Waals surface area contributed by atoms with Gasteiger partial charge in [0.15, 0.2) is 0 Å². The molecule has 100 valence electrons. The van der Waals surface area contributed by atoms with Crippen molar-refractivity contribution in [1.82, 2.24) is 15.2 Å². The van der Waals surface area contributed by atoms with Crippen molar-refractivity contribution in [2.45, 2.75) is 19.5 Å². The zero-order chi connectivity index (χ0) is 13.1. The Bertz CT molecular complexity index is 418. The maximum absolute atomic E-state index is 11.5. The van der Waals surface area contributed by atoms with Gasteiger partial charge in [0.05, 0.1) is 18.4 Å². The predicted octanol–water partition coefficient (Wildman–Crippen LogP) is 0.0190. The van der Waals surface area contributed by atoms with E-state index in [0.717, 1.165) is 19.6 Å². The lowest BCUT2D eigenvalue weighted by molar-refractivity contribution is 0.0907. The van der Waals surface area contributed by atoms with E-state index in [1.165, 1.54) is 6.26 Å². The molecular formula is C12H20N4O2. The second-order valence-corrected chi connectivity index (χ2v) is 4.80. The topological polar surface area (TPSA) is 74.7 Å². The minimum atomic E-state index is -0.305. The Kier molecular flexibility index (Phi) is 4.00. The molecule has 0 aliphatic carbocycles. The van der Waals surface area contributed by atoms with Crippen LogP contribution in [0, 0.1) is 0 Å². The van der Waals surface area contributed by atoms with Crippen molar-refractivity contribution in [1.29, 1.82) is 0 Å². The molecule has 0 aromatic carbocycles. The number of carbonyl (C=O) groups excluding carboxylic acids is 1. The number of nitrogen functional groups attached to an aromatic ring is 1. The molecule has 1 amide bonds. The van der Waals surface area contributed by atoms with Crippen LogP contribution in [-0.4, -0.2) is 48.4 Å². The summed E-state index contributed by atoms with van der Waals surface area (Å²) in [6.45, 7) is 5.82. The van der Waals surface area contributed by atoms with Crippen LogP contribution < -0.4 is 11.3 Å². The molecule has 1 fully saturated rings. The SMILES string of the molecule is CC1CN(Cc2occc2C(=O)NN)CCN1C. The molecule has 0 spiro atoms. The van der Waals surface area contributed by atoms with E-state index in [4.69, 9.17) is 10.3 Å². The van der Waals surface area contributed by atoms with Crippen LogP contribution in [0.25, 0.3) is 0 Å². The molecule has 1 aromatic heterocycles. The molecule has 0 bridgehead atoms. The number of furan rings is 1. The van der Waals surface area contributed by atoms with E-state index in [2.05, 4.69) is 29.2 Å². The van der Waals surface area contributed by atoms with Crippen LogP contribution in [-0.2, 0) is 6.54 Å². The van der Waals surface area contributed by atoms with Crippen LogP contribution in [0.5, 0.6) is 0 Å². The van der Waals surface area contributed by atoms with Gasteiger partial charge in [-0.1, -0.05) is 0 Å². The number of amides is 1. The first-order valence-corrected chi connectivity index (χ1v) is 6.11. The Balaban J connectivity index is 2.02. The van der Waals surface area contributed by atoms with Gasteiger partial charge < -0.3 is 9.32 Å². The number of hydrazine groups is 1. The molecule has 0 saturated carbocycles. The first-order valence-electron chi connectivity index (χ1n) is 6.11. The quantitative estimate of drug-likeness (QED) is 0.450. The van der Waals surface area contributed by atoms with Gasteiger partial charge in [-0.3, -0.25) is 15.1 Å². The molecule has 18 heavy (non-hydrogen) atoms. The van der Waals surface area contributed by atoms with Gasteiger partial charge in [-0.25, -0.2) is 5.84 Å². The van der Waals surface area contributed by atoms with Crippen molar-refractivity contribution in [2.24, 2.45) is 5.84 Å². The van der Waals surface area contributed by atoms with Crippen molar-refractivity contribution in [3.8, 4) is 0 Å². The molecule has 1 atom stereocenters. The number of rotatable bonds is 3. The fourth-order valence-electron chi connectivity index (χ4n) is 2.21. The van der Waals surface area contributed by atoms with E-state index in [1.54, 1.807) is 6.07 Å². The number of carbonyl (C=O) groups is 1. The summed E-state index contributed by atoms with van der Waals surface area (Å²) >= 11 is 0. The second kappa shape index (κ2) is 5.51. The summed E-state index contributed by atoms with van der Waals surface area (Å²) in [5, 5.41) is 0. The van der Waals surface area contributed by atoms with Gasteiger partial charge >= 0.3 is 0 Å². The fourth-order valence-corrected chi connectivity index (χ4v) is 2.21. The number of nitrogens with one attached hydrogen (secondary N) is 1. The van der Waals surface area contributed by atoms with Gasteiger partial charge in [-0.05, 0) is 20.0 Å². The van der Waals surface area contributed by atoms with E-state index in [-0.39, 0.29) is 5.91 Å². The molecule has 1 saturated heterocycles. The van der Waals surface area contributed by atoms with E-state index in [0.29, 0.717) is 23.9 Å². The van der Waals surface area contributed by atoms with Crippen molar-refractivity contribution in [3.63, 3.8) is 0 Å². The average Bonchev–Trinajstić information content (AvgIpc) is 2.81. The summed E-state index contributed by atoms with van der Waals surface area (Å²) in [4.78, 5) is 16.1. The molecule has 1 aliphatic heterocycles. The van der Waals surface area contributed by atoms with Gasteiger partial charge in [0, 0.05) is 25.7 Å². The third-order valence-electron chi connectivity index (χ3n) is 3.53. The third-order valence-corrected chi connectivity index (χ3v) is 3.53. The summed E-state index contributed by atoms with van der Waals surface area (Å²) in [6, 6.07) is 2.16. The standard InChI is InChI=1S/C12H20N4O2/c1-9-7-16(5-4-15(9)2)8-11-10(3-6-18-11)12(17)14-13/h3,6,9H,4-5,7-8,13H2,1-2H3,(H,14,17). The molecule has 3 N–H and O–H groups in total. The predicted molar refractivity (Wildman–Crippen MR) is 67.7 cm³/mol. The number of hydrogen-bond donors (Lipinski definition) is 2. The van der Waals surface area contributed by atoms with Gasteiger partial charge in [0.2, 0.25) is 0 Å². The van der Waals surface area contributed by atoms with Crippen LogP contribution in [0.2, 0.25) is 0 Å². The lowest BCUT2D eigenvalue weighted by atomic mass is 10.1. The number of nitrogens with zero attached hydrogens (tertiary/aromatic N) is 2. The highest BCUT2D eigenvalue weighted by Gasteiger charge is 2.23. The number of piperazine rings is 1. The Hall–Kier alpha value is -1.37. The fraction of sp³-hybridized carbons (Fsp3) is 0.583. The van der Waals surface area contributed by atoms with Crippen molar-refractivity contribution >= 4 is 5.91 Å². The van der Waals surface area contributed by atoms with Crippen LogP contribution in [0.15, 0.2) is 16.7 Å². The summed E-state index contributed by atoms with van der Waals surface area (Å²) in [7, 11) is 2.13. The monoisotopic (exact) mass is 252 g/mol. The maximum Gasteiger partial charge on any atom is 0.268 e. The van der Waals surface area contributed by atoms with E-state index >= 15 is 0 Å². The number of hydrogen-bond acceptors (Lipinski definition) is 5. The summed E-state index contributed by atoms with van der Waals surface area (Å²) in [5.41, 5.74) is 2.65. The number of nitrogens with two attached hydrogens (primary N) is 1. The zero-order valence-corrected chi connectivity index (χ0v) is 10.8. The lowest BCUT2D eigenvalue weighted by Gasteiger charge is -2.37.